The van der Waals surface area contributed by atoms with Crippen LogP contribution in [0.2, 0.25) is 0 Å². The Morgan fingerprint density at radius 1 is 1.22 bits per heavy atom. The van der Waals surface area contributed by atoms with Gasteiger partial charge in [0.25, 0.3) is 0 Å². The van der Waals surface area contributed by atoms with Gasteiger partial charge in [-0.1, -0.05) is 44.4 Å². The molecule has 0 heterocycles. The first kappa shape index (κ1) is 13.4. The van der Waals surface area contributed by atoms with Gasteiger partial charge < -0.3 is 10.5 Å². The summed E-state index contributed by atoms with van der Waals surface area (Å²) in [6.45, 7) is 5.05. The second kappa shape index (κ2) is 5.75. The van der Waals surface area contributed by atoms with E-state index in [1.165, 1.54) is 37.7 Å². The maximum absolute atomic E-state index is 6.56. The predicted molar refractivity (Wildman–Crippen MR) is 75.7 cm³/mol. The summed E-state index contributed by atoms with van der Waals surface area (Å²) in [5, 5.41) is 0. The monoisotopic (exact) mass is 247 g/mol. The molecule has 1 saturated carbocycles. The van der Waals surface area contributed by atoms with Gasteiger partial charge in [-0.25, -0.2) is 0 Å². The first-order valence-corrected chi connectivity index (χ1v) is 7.15. The largest absolute Gasteiger partial charge is 0.494 e. The van der Waals surface area contributed by atoms with E-state index in [0.717, 1.165) is 5.75 Å². The van der Waals surface area contributed by atoms with Crippen LogP contribution in [0, 0.1) is 5.41 Å². The maximum atomic E-state index is 6.56. The van der Waals surface area contributed by atoms with Gasteiger partial charge >= 0.3 is 0 Å². The molecule has 1 aromatic carbocycles. The van der Waals surface area contributed by atoms with Crippen LogP contribution in [0.25, 0.3) is 0 Å². The van der Waals surface area contributed by atoms with Crippen LogP contribution in [0.3, 0.4) is 0 Å². The molecule has 1 aliphatic rings. The number of rotatable bonds is 4. The number of ether oxygens (including phenoxy) is 1. The van der Waals surface area contributed by atoms with Crippen LogP contribution in [-0.4, -0.2) is 6.61 Å². The van der Waals surface area contributed by atoms with E-state index in [-0.39, 0.29) is 11.5 Å². The van der Waals surface area contributed by atoms with Gasteiger partial charge in [0.15, 0.2) is 0 Å². The molecule has 0 aliphatic heterocycles. The fourth-order valence-electron chi connectivity index (χ4n) is 3.07. The Hall–Kier alpha value is -1.02. The number of para-hydroxylation sites is 1. The van der Waals surface area contributed by atoms with E-state index in [0.29, 0.717) is 6.61 Å². The number of nitrogens with two attached hydrogens (primary N) is 1. The molecule has 1 fully saturated rings. The molecule has 0 amide bonds. The Balaban J connectivity index is 2.24. The van der Waals surface area contributed by atoms with Crippen LogP contribution in [-0.2, 0) is 0 Å². The lowest BCUT2D eigenvalue weighted by atomic mass is 9.69. The second-order valence-corrected chi connectivity index (χ2v) is 5.66. The first-order chi connectivity index (χ1) is 8.67. The average molecular weight is 247 g/mol. The first-order valence-electron chi connectivity index (χ1n) is 7.15. The number of hydrogen-bond donors (Lipinski definition) is 1. The standard InChI is InChI=1S/C16H25NO/c1-3-18-14-10-6-5-9-13(14)15(17)16(2)11-7-4-8-12-16/h5-6,9-10,15H,3-4,7-8,11-12,17H2,1-2H3. The van der Waals surface area contributed by atoms with E-state index in [1.807, 2.05) is 19.1 Å². The Morgan fingerprint density at radius 3 is 2.56 bits per heavy atom. The smallest absolute Gasteiger partial charge is 0.124 e. The fraction of sp³-hybridized carbons (Fsp3) is 0.625. The molecular weight excluding hydrogens is 222 g/mol. The Kier molecular flexibility index (Phi) is 4.28. The zero-order valence-electron chi connectivity index (χ0n) is 11.6. The lowest BCUT2D eigenvalue weighted by Gasteiger charge is -2.39. The highest BCUT2D eigenvalue weighted by Crippen LogP contribution is 2.46. The number of benzene rings is 1. The van der Waals surface area contributed by atoms with E-state index in [1.54, 1.807) is 0 Å². The van der Waals surface area contributed by atoms with Gasteiger partial charge in [-0.05, 0) is 31.2 Å². The summed E-state index contributed by atoms with van der Waals surface area (Å²) >= 11 is 0. The van der Waals surface area contributed by atoms with Crippen molar-refractivity contribution in [2.45, 2.75) is 52.0 Å². The number of hydrogen-bond acceptors (Lipinski definition) is 2. The molecule has 100 valence electrons. The molecule has 0 bridgehead atoms. The molecule has 18 heavy (non-hydrogen) atoms. The maximum Gasteiger partial charge on any atom is 0.124 e. The summed E-state index contributed by atoms with van der Waals surface area (Å²) in [6, 6.07) is 8.31. The van der Waals surface area contributed by atoms with Crippen molar-refractivity contribution in [2.75, 3.05) is 6.61 Å². The third-order valence-corrected chi connectivity index (χ3v) is 4.30. The molecule has 1 aliphatic carbocycles. The average Bonchev–Trinajstić information content (AvgIpc) is 2.40. The molecule has 1 aromatic rings. The van der Waals surface area contributed by atoms with Crippen molar-refractivity contribution < 1.29 is 4.74 Å². The molecule has 1 atom stereocenters. The van der Waals surface area contributed by atoms with Crippen molar-refractivity contribution in [1.82, 2.24) is 0 Å². The highest BCUT2D eigenvalue weighted by atomic mass is 16.5. The van der Waals surface area contributed by atoms with E-state index in [4.69, 9.17) is 10.5 Å². The van der Waals surface area contributed by atoms with Crippen LogP contribution in [0.1, 0.15) is 57.6 Å². The Bertz CT molecular complexity index is 382. The van der Waals surface area contributed by atoms with Crippen LogP contribution < -0.4 is 10.5 Å². The molecule has 0 radical (unpaired) electrons. The Morgan fingerprint density at radius 2 is 1.89 bits per heavy atom. The van der Waals surface area contributed by atoms with E-state index >= 15 is 0 Å². The molecule has 2 rings (SSSR count). The second-order valence-electron chi connectivity index (χ2n) is 5.66. The molecule has 0 spiro atoms. The summed E-state index contributed by atoms with van der Waals surface area (Å²) < 4.78 is 5.71. The van der Waals surface area contributed by atoms with Gasteiger partial charge in [0.1, 0.15) is 5.75 Å². The summed E-state index contributed by atoms with van der Waals surface area (Å²) in [6.07, 6.45) is 6.43. The quantitative estimate of drug-likeness (QED) is 0.871. The molecular formula is C16H25NO. The SMILES string of the molecule is CCOc1ccccc1C(N)C1(C)CCCCC1. The Labute approximate surface area is 111 Å². The van der Waals surface area contributed by atoms with E-state index < -0.39 is 0 Å². The summed E-state index contributed by atoms with van der Waals surface area (Å²) in [5.41, 5.74) is 7.95. The van der Waals surface area contributed by atoms with Crippen molar-refractivity contribution in [3.63, 3.8) is 0 Å². The summed E-state index contributed by atoms with van der Waals surface area (Å²) in [7, 11) is 0. The molecule has 2 nitrogen and oxygen atoms in total. The zero-order valence-corrected chi connectivity index (χ0v) is 11.6. The minimum atomic E-state index is 0.0838. The van der Waals surface area contributed by atoms with Crippen molar-refractivity contribution in [3.05, 3.63) is 29.8 Å². The molecule has 2 heteroatoms. The highest BCUT2D eigenvalue weighted by molar-refractivity contribution is 5.37. The fourth-order valence-corrected chi connectivity index (χ4v) is 3.07. The van der Waals surface area contributed by atoms with Gasteiger partial charge in [0.2, 0.25) is 0 Å². The topological polar surface area (TPSA) is 35.2 Å². The molecule has 0 aromatic heterocycles. The molecule has 2 N–H and O–H groups in total. The predicted octanol–water partition coefficient (Wildman–Crippen LogP) is 4.06. The molecule has 1 unspecified atom stereocenters. The van der Waals surface area contributed by atoms with Crippen LogP contribution in [0.4, 0.5) is 0 Å². The van der Waals surface area contributed by atoms with Crippen molar-refractivity contribution in [1.29, 1.82) is 0 Å². The van der Waals surface area contributed by atoms with E-state index in [2.05, 4.69) is 19.1 Å². The highest BCUT2D eigenvalue weighted by Gasteiger charge is 2.35. The summed E-state index contributed by atoms with van der Waals surface area (Å²) in [4.78, 5) is 0. The van der Waals surface area contributed by atoms with Gasteiger partial charge in [0, 0.05) is 11.6 Å². The normalized spacial score (nSPS) is 20.4. The van der Waals surface area contributed by atoms with Crippen LogP contribution in [0.5, 0.6) is 5.75 Å². The van der Waals surface area contributed by atoms with Crippen LogP contribution >= 0.6 is 0 Å². The van der Waals surface area contributed by atoms with Gasteiger partial charge in [-0.3, -0.25) is 0 Å². The van der Waals surface area contributed by atoms with Gasteiger partial charge in [0.05, 0.1) is 6.61 Å². The van der Waals surface area contributed by atoms with Crippen molar-refractivity contribution >= 4 is 0 Å². The van der Waals surface area contributed by atoms with Crippen molar-refractivity contribution in [2.24, 2.45) is 11.1 Å². The lowest BCUT2D eigenvalue weighted by molar-refractivity contribution is 0.167. The van der Waals surface area contributed by atoms with Crippen LogP contribution in [0.15, 0.2) is 24.3 Å². The molecule has 0 saturated heterocycles. The lowest BCUT2D eigenvalue weighted by Crippen LogP contribution is -2.34. The van der Waals surface area contributed by atoms with Gasteiger partial charge in [-0.2, -0.15) is 0 Å². The minimum absolute atomic E-state index is 0.0838. The third kappa shape index (κ3) is 2.69. The minimum Gasteiger partial charge on any atom is -0.494 e. The van der Waals surface area contributed by atoms with Gasteiger partial charge in [-0.15, -0.1) is 0 Å². The summed E-state index contributed by atoms with van der Waals surface area (Å²) in [5.74, 6) is 0.958. The third-order valence-electron chi connectivity index (χ3n) is 4.30. The van der Waals surface area contributed by atoms with Crippen molar-refractivity contribution in [3.8, 4) is 5.75 Å². The zero-order chi connectivity index (χ0) is 13.0. The van der Waals surface area contributed by atoms with E-state index in [9.17, 15) is 0 Å².